The number of hydrogen-bond donors (Lipinski definition) is 2. The van der Waals surface area contributed by atoms with Gasteiger partial charge in [-0.3, -0.25) is 9.59 Å². The third kappa shape index (κ3) is 5.97. The van der Waals surface area contributed by atoms with Gasteiger partial charge in [0.15, 0.2) is 0 Å². The standard InChI is InChI=1S/C19H27N3O3.ClH/c23-18(14-21-19(24)17-13-20-8-11-25-17)22-9-6-16(7-10-22)12-15-4-2-1-3-5-15;/h1-5,16-17,20H,6-14H2,(H,21,24);1H. The molecule has 1 aromatic rings. The van der Waals surface area contributed by atoms with E-state index in [9.17, 15) is 9.59 Å². The van der Waals surface area contributed by atoms with Gasteiger partial charge in [0.2, 0.25) is 5.91 Å². The predicted octanol–water partition coefficient (Wildman–Crippen LogP) is 0.994. The molecule has 144 valence electrons. The molecule has 2 aliphatic rings. The van der Waals surface area contributed by atoms with Crippen molar-refractivity contribution < 1.29 is 14.3 Å². The summed E-state index contributed by atoms with van der Waals surface area (Å²) >= 11 is 0. The lowest BCUT2D eigenvalue weighted by Crippen LogP contribution is -2.50. The van der Waals surface area contributed by atoms with E-state index in [0.717, 1.165) is 38.9 Å². The van der Waals surface area contributed by atoms with E-state index in [-0.39, 0.29) is 30.8 Å². The molecule has 2 amide bonds. The van der Waals surface area contributed by atoms with Crippen LogP contribution in [0.15, 0.2) is 30.3 Å². The molecule has 3 rings (SSSR count). The maximum absolute atomic E-state index is 12.3. The monoisotopic (exact) mass is 381 g/mol. The number of carbonyl (C=O) groups is 2. The lowest BCUT2D eigenvalue weighted by Gasteiger charge is -2.32. The first kappa shape index (κ1) is 20.7. The van der Waals surface area contributed by atoms with Gasteiger partial charge in [-0.1, -0.05) is 30.3 Å². The number of halogens is 1. The van der Waals surface area contributed by atoms with Crippen LogP contribution in [0.3, 0.4) is 0 Å². The molecule has 0 aromatic heterocycles. The Morgan fingerprint density at radius 3 is 2.58 bits per heavy atom. The van der Waals surface area contributed by atoms with Crippen LogP contribution in [0.1, 0.15) is 18.4 Å². The molecule has 0 bridgehead atoms. The Morgan fingerprint density at radius 2 is 1.92 bits per heavy atom. The second kappa shape index (κ2) is 10.5. The lowest BCUT2D eigenvalue weighted by atomic mass is 9.90. The molecule has 0 spiro atoms. The maximum Gasteiger partial charge on any atom is 0.250 e. The number of ether oxygens (including phenoxy) is 1. The van der Waals surface area contributed by atoms with Crippen LogP contribution >= 0.6 is 12.4 Å². The smallest absolute Gasteiger partial charge is 0.250 e. The number of piperidine rings is 1. The second-order valence-corrected chi connectivity index (χ2v) is 6.80. The molecule has 0 aliphatic carbocycles. The zero-order valence-electron chi connectivity index (χ0n) is 15.0. The quantitative estimate of drug-likeness (QED) is 0.798. The summed E-state index contributed by atoms with van der Waals surface area (Å²) in [6.45, 7) is 3.40. The molecule has 2 heterocycles. The molecule has 2 N–H and O–H groups in total. The molecule has 2 aliphatic heterocycles. The van der Waals surface area contributed by atoms with Crippen LogP contribution in [0.25, 0.3) is 0 Å². The van der Waals surface area contributed by atoms with Gasteiger partial charge in [-0.2, -0.15) is 0 Å². The molecule has 1 atom stereocenters. The largest absolute Gasteiger partial charge is 0.366 e. The van der Waals surface area contributed by atoms with Gasteiger partial charge in [0.25, 0.3) is 5.91 Å². The normalized spacial score (nSPS) is 20.9. The molecule has 2 fully saturated rings. The van der Waals surface area contributed by atoms with Gasteiger partial charge in [0, 0.05) is 26.2 Å². The van der Waals surface area contributed by atoms with Crippen molar-refractivity contribution in [3.8, 4) is 0 Å². The van der Waals surface area contributed by atoms with Crippen LogP contribution in [0.5, 0.6) is 0 Å². The van der Waals surface area contributed by atoms with Crippen LogP contribution in [0.4, 0.5) is 0 Å². The Kier molecular flexibility index (Phi) is 8.35. The molecule has 1 unspecified atom stereocenters. The fraction of sp³-hybridized carbons (Fsp3) is 0.579. The Morgan fingerprint density at radius 1 is 1.19 bits per heavy atom. The first-order valence-electron chi connectivity index (χ1n) is 9.14. The van der Waals surface area contributed by atoms with Crippen molar-refractivity contribution in [2.24, 2.45) is 5.92 Å². The molecular formula is C19H28ClN3O3. The molecule has 26 heavy (non-hydrogen) atoms. The first-order chi connectivity index (χ1) is 12.2. The summed E-state index contributed by atoms with van der Waals surface area (Å²) in [6, 6.07) is 10.5. The van der Waals surface area contributed by atoms with Crippen LogP contribution < -0.4 is 10.6 Å². The topological polar surface area (TPSA) is 70.7 Å². The Labute approximate surface area is 161 Å². The maximum atomic E-state index is 12.3. The van der Waals surface area contributed by atoms with E-state index in [0.29, 0.717) is 19.1 Å². The summed E-state index contributed by atoms with van der Waals surface area (Å²) in [5, 5.41) is 5.82. The fourth-order valence-corrected chi connectivity index (χ4v) is 3.46. The number of morpholine rings is 1. The molecule has 6 nitrogen and oxygen atoms in total. The van der Waals surface area contributed by atoms with Crippen molar-refractivity contribution in [1.29, 1.82) is 0 Å². The van der Waals surface area contributed by atoms with Crippen molar-refractivity contribution in [3.05, 3.63) is 35.9 Å². The molecule has 2 saturated heterocycles. The van der Waals surface area contributed by atoms with Crippen LogP contribution in [0, 0.1) is 5.92 Å². The van der Waals surface area contributed by atoms with Gasteiger partial charge in [0.05, 0.1) is 13.2 Å². The number of likely N-dealkylation sites (tertiary alicyclic amines) is 1. The fourth-order valence-electron chi connectivity index (χ4n) is 3.46. The minimum absolute atomic E-state index is 0. The van der Waals surface area contributed by atoms with Crippen molar-refractivity contribution in [1.82, 2.24) is 15.5 Å². The molecule has 0 saturated carbocycles. The van der Waals surface area contributed by atoms with Crippen LogP contribution in [0.2, 0.25) is 0 Å². The number of nitrogens with zero attached hydrogens (tertiary/aromatic N) is 1. The highest BCUT2D eigenvalue weighted by atomic mass is 35.5. The van der Waals surface area contributed by atoms with E-state index >= 15 is 0 Å². The Hall–Kier alpha value is -1.63. The third-order valence-electron chi connectivity index (χ3n) is 4.97. The number of amides is 2. The van der Waals surface area contributed by atoms with Gasteiger partial charge in [-0.15, -0.1) is 12.4 Å². The van der Waals surface area contributed by atoms with E-state index in [2.05, 4.69) is 34.9 Å². The summed E-state index contributed by atoms with van der Waals surface area (Å²) in [6.07, 6.45) is 2.62. The highest BCUT2D eigenvalue weighted by molar-refractivity contribution is 5.87. The molecule has 1 aromatic carbocycles. The van der Waals surface area contributed by atoms with E-state index < -0.39 is 6.10 Å². The third-order valence-corrected chi connectivity index (χ3v) is 4.97. The van der Waals surface area contributed by atoms with Gasteiger partial charge in [0.1, 0.15) is 6.10 Å². The van der Waals surface area contributed by atoms with Gasteiger partial charge in [-0.05, 0) is 30.7 Å². The Bertz CT molecular complexity index is 571. The predicted molar refractivity (Wildman–Crippen MR) is 102 cm³/mol. The number of carbonyl (C=O) groups excluding carboxylic acids is 2. The van der Waals surface area contributed by atoms with Crippen LogP contribution in [-0.4, -0.2) is 62.1 Å². The molecular weight excluding hydrogens is 354 g/mol. The van der Waals surface area contributed by atoms with Crippen molar-refractivity contribution in [3.63, 3.8) is 0 Å². The zero-order chi connectivity index (χ0) is 17.5. The minimum Gasteiger partial charge on any atom is -0.366 e. The van der Waals surface area contributed by atoms with Gasteiger partial charge in [-0.25, -0.2) is 0 Å². The van der Waals surface area contributed by atoms with Gasteiger partial charge >= 0.3 is 0 Å². The minimum atomic E-state index is -0.488. The van der Waals surface area contributed by atoms with Crippen molar-refractivity contribution in [2.45, 2.75) is 25.4 Å². The van der Waals surface area contributed by atoms with Crippen LogP contribution in [-0.2, 0) is 20.7 Å². The second-order valence-electron chi connectivity index (χ2n) is 6.80. The SMILES string of the molecule is Cl.O=C(NCC(=O)N1CCC(Cc2ccccc2)CC1)C1CNCCO1. The Balaban J connectivity index is 0.00000243. The van der Waals surface area contributed by atoms with E-state index in [1.807, 2.05) is 11.0 Å². The number of hydrogen-bond acceptors (Lipinski definition) is 4. The summed E-state index contributed by atoms with van der Waals surface area (Å²) in [4.78, 5) is 26.2. The molecule has 0 radical (unpaired) electrons. The number of rotatable bonds is 5. The lowest BCUT2D eigenvalue weighted by molar-refractivity contribution is -0.138. The summed E-state index contributed by atoms with van der Waals surface area (Å²) in [5.74, 6) is 0.414. The van der Waals surface area contributed by atoms with E-state index in [1.165, 1.54) is 5.56 Å². The van der Waals surface area contributed by atoms with Crippen molar-refractivity contribution in [2.75, 3.05) is 39.3 Å². The van der Waals surface area contributed by atoms with Crippen molar-refractivity contribution >= 4 is 24.2 Å². The van der Waals surface area contributed by atoms with E-state index in [1.54, 1.807) is 0 Å². The summed E-state index contributed by atoms with van der Waals surface area (Å²) in [5.41, 5.74) is 1.36. The highest BCUT2D eigenvalue weighted by Gasteiger charge is 2.25. The summed E-state index contributed by atoms with van der Waals surface area (Å²) in [7, 11) is 0. The number of nitrogens with one attached hydrogen (secondary N) is 2. The summed E-state index contributed by atoms with van der Waals surface area (Å²) < 4.78 is 5.39. The van der Waals surface area contributed by atoms with Gasteiger partial charge < -0.3 is 20.3 Å². The first-order valence-corrected chi connectivity index (χ1v) is 9.14. The molecule has 7 heteroatoms. The number of benzene rings is 1. The average Bonchev–Trinajstić information content (AvgIpc) is 2.68. The van der Waals surface area contributed by atoms with E-state index in [4.69, 9.17) is 4.74 Å². The average molecular weight is 382 g/mol. The highest BCUT2D eigenvalue weighted by Crippen LogP contribution is 2.21. The zero-order valence-corrected chi connectivity index (χ0v) is 15.8.